The number of alkyl halides is 2. The van der Waals surface area contributed by atoms with Crippen molar-refractivity contribution in [3.05, 3.63) is 29.8 Å². The van der Waals surface area contributed by atoms with Gasteiger partial charge in [0.15, 0.2) is 0 Å². The predicted molar refractivity (Wildman–Crippen MR) is 63.4 cm³/mol. The molecular weight excluding hydrogens is 240 g/mol. The molecule has 0 saturated heterocycles. The minimum absolute atomic E-state index is 0.124. The minimum atomic E-state index is -2.83. The van der Waals surface area contributed by atoms with Crippen LogP contribution >= 0.6 is 0 Å². The lowest BCUT2D eigenvalue weighted by Gasteiger charge is -2.36. The van der Waals surface area contributed by atoms with Gasteiger partial charge in [-0.1, -0.05) is 12.1 Å². The van der Waals surface area contributed by atoms with Crippen LogP contribution in [0.3, 0.4) is 0 Å². The number of hydrogen-bond acceptors (Lipinski definition) is 3. The number of halogens is 2. The maximum absolute atomic E-state index is 12.2. The highest BCUT2D eigenvalue weighted by atomic mass is 19.3. The van der Waals surface area contributed by atoms with Crippen molar-refractivity contribution in [1.82, 2.24) is 0 Å². The predicted octanol–water partition coefficient (Wildman–Crippen LogP) is 2.38. The van der Waals surface area contributed by atoms with E-state index >= 15 is 0 Å². The summed E-state index contributed by atoms with van der Waals surface area (Å²) in [7, 11) is 0. The second-order valence-electron chi connectivity index (χ2n) is 4.79. The SMILES string of the molecule is NC1(c2cccc(OC(F)F)c2)CCC(O)CC1. The van der Waals surface area contributed by atoms with Crippen molar-refractivity contribution >= 4 is 0 Å². The Labute approximate surface area is 105 Å². The first-order chi connectivity index (χ1) is 8.49. The summed E-state index contributed by atoms with van der Waals surface area (Å²) in [6.07, 6.45) is 2.26. The topological polar surface area (TPSA) is 55.5 Å². The number of rotatable bonds is 3. The highest BCUT2D eigenvalue weighted by Gasteiger charge is 2.32. The lowest BCUT2D eigenvalue weighted by atomic mass is 9.76. The Morgan fingerprint density at radius 2 is 2.00 bits per heavy atom. The highest BCUT2D eigenvalue weighted by molar-refractivity contribution is 5.33. The van der Waals surface area contributed by atoms with Gasteiger partial charge in [0.2, 0.25) is 0 Å². The Bertz CT molecular complexity index is 404. The summed E-state index contributed by atoms with van der Waals surface area (Å²) in [6.45, 7) is -2.83. The van der Waals surface area contributed by atoms with Crippen molar-refractivity contribution in [3.8, 4) is 5.75 Å². The first-order valence-electron chi connectivity index (χ1n) is 6.02. The van der Waals surface area contributed by atoms with Gasteiger partial charge in [0.25, 0.3) is 0 Å². The molecule has 0 heterocycles. The molecule has 5 heteroatoms. The Hall–Kier alpha value is -1.20. The van der Waals surface area contributed by atoms with E-state index in [9.17, 15) is 13.9 Å². The van der Waals surface area contributed by atoms with Gasteiger partial charge in [0, 0.05) is 5.54 Å². The molecule has 1 fully saturated rings. The Morgan fingerprint density at radius 3 is 2.61 bits per heavy atom. The third kappa shape index (κ3) is 2.97. The molecule has 1 aliphatic rings. The number of nitrogens with two attached hydrogens (primary N) is 1. The maximum atomic E-state index is 12.2. The number of benzene rings is 1. The summed E-state index contributed by atoms with van der Waals surface area (Å²) < 4.78 is 28.7. The summed E-state index contributed by atoms with van der Waals surface area (Å²) in [4.78, 5) is 0. The first kappa shape index (κ1) is 13.2. The van der Waals surface area contributed by atoms with E-state index in [0.717, 1.165) is 5.56 Å². The van der Waals surface area contributed by atoms with E-state index < -0.39 is 12.2 Å². The van der Waals surface area contributed by atoms with Crippen molar-refractivity contribution in [2.45, 2.75) is 43.9 Å². The van der Waals surface area contributed by atoms with Crippen molar-refractivity contribution < 1.29 is 18.6 Å². The number of hydrogen-bond donors (Lipinski definition) is 2. The van der Waals surface area contributed by atoms with Crippen LogP contribution in [0.5, 0.6) is 5.75 Å². The Kier molecular flexibility index (Phi) is 3.82. The van der Waals surface area contributed by atoms with Gasteiger partial charge in [0.05, 0.1) is 6.10 Å². The van der Waals surface area contributed by atoms with Crippen molar-refractivity contribution in [2.75, 3.05) is 0 Å². The molecule has 0 aromatic heterocycles. The van der Waals surface area contributed by atoms with E-state index in [0.29, 0.717) is 25.7 Å². The standard InChI is InChI=1S/C13H17F2NO2/c14-12(15)18-11-3-1-2-9(8-11)13(16)6-4-10(17)5-7-13/h1-3,8,10,12,17H,4-7,16H2. The fourth-order valence-corrected chi connectivity index (χ4v) is 2.39. The molecule has 100 valence electrons. The van der Waals surface area contributed by atoms with Gasteiger partial charge in [-0.15, -0.1) is 0 Å². The molecule has 0 atom stereocenters. The average molecular weight is 257 g/mol. The summed E-state index contributed by atoms with van der Waals surface area (Å²) in [5.74, 6) is 0.124. The molecule has 1 aromatic rings. The molecule has 3 nitrogen and oxygen atoms in total. The van der Waals surface area contributed by atoms with E-state index in [2.05, 4.69) is 4.74 Å². The lowest BCUT2D eigenvalue weighted by Crippen LogP contribution is -2.41. The smallest absolute Gasteiger partial charge is 0.387 e. The highest BCUT2D eigenvalue weighted by Crippen LogP contribution is 2.36. The molecule has 0 radical (unpaired) electrons. The fraction of sp³-hybridized carbons (Fsp3) is 0.538. The second-order valence-corrected chi connectivity index (χ2v) is 4.79. The molecule has 1 aromatic carbocycles. The number of aliphatic hydroxyl groups excluding tert-OH is 1. The van der Waals surface area contributed by atoms with Crippen LogP contribution in [0.4, 0.5) is 8.78 Å². The van der Waals surface area contributed by atoms with Gasteiger partial charge in [-0.3, -0.25) is 0 Å². The molecule has 1 aliphatic carbocycles. The van der Waals surface area contributed by atoms with E-state index in [1.54, 1.807) is 12.1 Å². The van der Waals surface area contributed by atoms with Gasteiger partial charge in [-0.05, 0) is 43.4 Å². The van der Waals surface area contributed by atoms with E-state index in [1.807, 2.05) is 6.07 Å². The molecule has 3 N–H and O–H groups in total. The Balaban J connectivity index is 2.17. The van der Waals surface area contributed by atoms with Crippen molar-refractivity contribution in [3.63, 3.8) is 0 Å². The molecule has 1 saturated carbocycles. The van der Waals surface area contributed by atoms with Crippen LogP contribution in [-0.2, 0) is 5.54 Å². The second kappa shape index (κ2) is 5.20. The van der Waals surface area contributed by atoms with Crippen LogP contribution in [0, 0.1) is 0 Å². The molecule has 18 heavy (non-hydrogen) atoms. The van der Waals surface area contributed by atoms with Crippen LogP contribution in [0.2, 0.25) is 0 Å². The zero-order chi connectivity index (χ0) is 13.2. The van der Waals surface area contributed by atoms with Gasteiger partial charge in [-0.2, -0.15) is 8.78 Å². The van der Waals surface area contributed by atoms with Crippen molar-refractivity contribution in [2.24, 2.45) is 5.73 Å². The third-order valence-corrected chi connectivity index (χ3v) is 3.48. The van der Waals surface area contributed by atoms with E-state index in [4.69, 9.17) is 5.73 Å². The van der Waals surface area contributed by atoms with Crippen LogP contribution in [-0.4, -0.2) is 17.8 Å². The van der Waals surface area contributed by atoms with E-state index in [-0.39, 0.29) is 11.9 Å². The molecule has 2 rings (SSSR count). The lowest BCUT2D eigenvalue weighted by molar-refractivity contribution is -0.0499. The van der Waals surface area contributed by atoms with Crippen LogP contribution < -0.4 is 10.5 Å². The maximum Gasteiger partial charge on any atom is 0.387 e. The van der Waals surface area contributed by atoms with Crippen LogP contribution in [0.25, 0.3) is 0 Å². The zero-order valence-corrected chi connectivity index (χ0v) is 9.98. The normalized spacial score (nSPS) is 28.4. The summed E-state index contributed by atoms with van der Waals surface area (Å²) in [6, 6.07) is 6.52. The van der Waals surface area contributed by atoms with Gasteiger partial charge in [0.1, 0.15) is 5.75 Å². The summed E-state index contributed by atoms with van der Waals surface area (Å²) in [5.41, 5.74) is 6.52. The monoisotopic (exact) mass is 257 g/mol. The molecule has 0 amide bonds. The number of ether oxygens (including phenoxy) is 1. The molecule has 0 unspecified atom stereocenters. The quantitative estimate of drug-likeness (QED) is 0.874. The first-order valence-corrected chi connectivity index (χ1v) is 6.02. The zero-order valence-electron chi connectivity index (χ0n) is 9.98. The number of aliphatic hydroxyl groups is 1. The van der Waals surface area contributed by atoms with Crippen molar-refractivity contribution in [1.29, 1.82) is 0 Å². The van der Waals surface area contributed by atoms with E-state index in [1.165, 1.54) is 6.07 Å². The Morgan fingerprint density at radius 1 is 1.33 bits per heavy atom. The van der Waals surface area contributed by atoms with Gasteiger partial charge < -0.3 is 15.6 Å². The summed E-state index contributed by atoms with van der Waals surface area (Å²) in [5, 5.41) is 9.48. The molecular formula is C13H17F2NO2. The molecule has 0 aliphatic heterocycles. The average Bonchev–Trinajstić information content (AvgIpc) is 2.33. The minimum Gasteiger partial charge on any atom is -0.435 e. The largest absolute Gasteiger partial charge is 0.435 e. The van der Waals surface area contributed by atoms with Crippen LogP contribution in [0.1, 0.15) is 31.2 Å². The summed E-state index contributed by atoms with van der Waals surface area (Å²) >= 11 is 0. The molecule has 0 spiro atoms. The van der Waals surface area contributed by atoms with Crippen LogP contribution in [0.15, 0.2) is 24.3 Å². The van der Waals surface area contributed by atoms with Gasteiger partial charge >= 0.3 is 6.61 Å². The van der Waals surface area contributed by atoms with Gasteiger partial charge in [-0.25, -0.2) is 0 Å². The third-order valence-electron chi connectivity index (χ3n) is 3.48. The molecule has 0 bridgehead atoms. The fourth-order valence-electron chi connectivity index (χ4n) is 2.39.